The van der Waals surface area contributed by atoms with Gasteiger partial charge in [-0.1, -0.05) is 0 Å². The van der Waals surface area contributed by atoms with Gasteiger partial charge in [0, 0.05) is 19.2 Å². The highest BCUT2D eigenvalue weighted by Crippen LogP contribution is 2.22. The lowest BCUT2D eigenvalue weighted by Crippen LogP contribution is -2.36. The first-order valence-corrected chi connectivity index (χ1v) is 7.17. The van der Waals surface area contributed by atoms with Gasteiger partial charge in [-0.15, -0.1) is 0 Å². The second-order valence-electron chi connectivity index (χ2n) is 4.56. The summed E-state index contributed by atoms with van der Waals surface area (Å²) in [5.41, 5.74) is 1.12. The maximum atomic E-state index is 12.2. The van der Waals surface area contributed by atoms with Crippen molar-refractivity contribution >= 4 is 17.2 Å². The molecule has 1 aromatic rings. The van der Waals surface area contributed by atoms with E-state index in [0.717, 1.165) is 37.8 Å². The standard InChI is InChI=1S/C13H19NO2S/c15-7-2-4-12-3-1-6-14(12)13(16)9-11-5-8-17-10-11/h5,8,10,12,15H,1-4,6-7,9H2. The molecule has 2 rings (SSSR count). The number of aliphatic hydroxyl groups is 1. The molecule has 94 valence electrons. The number of amides is 1. The third-order valence-electron chi connectivity index (χ3n) is 3.33. The molecule has 0 aliphatic carbocycles. The largest absolute Gasteiger partial charge is 0.396 e. The number of hydrogen-bond acceptors (Lipinski definition) is 3. The Morgan fingerprint density at radius 3 is 3.18 bits per heavy atom. The van der Waals surface area contributed by atoms with Crippen LogP contribution in [-0.2, 0) is 11.2 Å². The second-order valence-corrected chi connectivity index (χ2v) is 5.34. The molecule has 0 saturated carbocycles. The summed E-state index contributed by atoms with van der Waals surface area (Å²) in [6, 6.07) is 2.37. The Morgan fingerprint density at radius 2 is 2.47 bits per heavy atom. The Hall–Kier alpha value is -0.870. The fourth-order valence-electron chi connectivity index (χ4n) is 2.46. The maximum Gasteiger partial charge on any atom is 0.227 e. The second kappa shape index (κ2) is 6.17. The van der Waals surface area contributed by atoms with Crippen LogP contribution in [0.15, 0.2) is 16.8 Å². The molecule has 0 bridgehead atoms. The number of nitrogens with zero attached hydrogens (tertiary/aromatic N) is 1. The average molecular weight is 253 g/mol. The van der Waals surface area contributed by atoms with E-state index in [2.05, 4.69) is 0 Å². The van der Waals surface area contributed by atoms with E-state index in [1.165, 1.54) is 0 Å². The topological polar surface area (TPSA) is 40.5 Å². The SMILES string of the molecule is O=C(Cc1ccsc1)N1CCCC1CCCO. The summed E-state index contributed by atoms with van der Waals surface area (Å²) in [4.78, 5) is 14.2. The molecule has 4 heteroatoms. The number of likely N-dealkylation sites (tertiary alicyclic amines) is 1. The number of carbonyl (C=O) groups excluding carboxylic acids is 1. The first-order valence-electron chi connectivity index (χ1n) is 6.22. The molecule has 0 radical (unpaired) electrons. The number of hydrogen-bond donors (Lipinski definition) is 1. The minimum absolute atomic E-state index is 0.225. The van der Waals surface area contributed by atoms with Gasteiger partial charge in [0.05, 0.1) is 6.42 Å². The minimum Gasteiger partial charge on any atom is -0.396 e. The summed E-state index contributed by atoms with van der Waals surface area (Å²) in [5.74, 6) is 0.240. The highest BCUT2D eigenvalue weighted by atomic mass is 32.1. The van der Waals surface area contributed by atoms with Gasteiger partial charge in [0.15, 0.2) is 0 Å². The molecule has 1 N–H and O–H groups in total. The van der Waals surface area contributed by atoms with E-state index in [-0.39, 0.29) is 12.5 Å². The van der Waals surface area contributed by atoms with Gasteiger partial charge in [-0.25, -0.2) is 0 Å². The van der Waals surface area contributed by atoms with Gasteiger partial charge in [-0.05, 0) is 48.1 Å². The number of rotatable bonds is 5. The van der Waals surface area contributed by atoms with E-state index in [1.807, 2.05) is 21.7 Å². The van der Waals surface area contributed by atoms with E-state index in [4.69, 9.17) is 5.11 Å². The molecular formula is C13H19NO2S. The summed E-state index contributed by atoms with van der Waals surface area (Å²) in [5, 5.41) is 12.9. The van der Waals surface area contributed by atoms with Gasteiger partial charge in [-0.2, -0.15) is 11.3 Å². The molecule has 1 atom stereocenters. The number of thiophene rings is 1. The summed E-state index contributed by atoms with van der Waals surface area (Å²) < 4.78 is 0. The van der Waals surface area contributed by atoms with Crippen LogP contribution in [0.25, 0.3) is 0 Å². The van der Waals surface area contributed by atoms with E-state index in [9.17, 15) is 4.79 Å². The van der Waals surface area contributed by atoms with Crippen molar-refractivity contribution in [2.75, 3.05) is 13.2 Å². The molecule has 1 aliphatic heterocycles. The lowest BCUT2D eigenvalue weighted by Gasteiger charge is -2.24. The van der Waals surface area contributed by atoms with Crippen LogP contribution in [-0.4, -0.2) is 35.1 Å². The number of aliphatic hydroxyl groups excluding tert-OH is 1. The third-order valence-corrected chi connectivity index (χ3v) is 4.06. The van der Waals surface area contributed by atoms with Gasteiger partial charge in [-0.3, -0.25) is 4.79 Å². The van der Waals surface area contributed by atoms with E-state index in [0.29, 0.717) is 12.5 Å². The van der Waals surface area contributed by atoms with Crippen molar-refractivity contribution < 1.29 is 9.90 Å². The number of carbonyl (C=O) groups is 1. The molecule has 3 nitrogen and oxygen atoms in total. The normalized spacial score (nSPS) is 19.8. The predicted octanol–water partition coefficient (Wildman–Crippen LogP) is 2.05. The summed E-state index contributed by atoms with van der Waals surface area (Å²) in [7, 11) is 0. The van der Waals surface area contributed by atoms with Crippen LogP contribution in [0, 0.1) is 0 Å². The molecule has 1 fully saturated rings. The molecule has 1 saturated heterocycles. The van der Waals surface area contributed by atoms with Crippen LogP contribution < -0.4 is 0 Å². The highest BCUT2D eigenvalue weighted by molar-refractivity contribution is 7.07. The quantitative estimate of drug-likeness (QED) is 0.872. The predicted molar refractivity (Wildman–Crippen MR) is 69.1 cm³/mol. The zero-order chi connectivity index (χ0) is 12.1. The minimum atomic E-state index is 0.225. The van der Waals surface area contributed by atoms with Crippen molar-refractivity contribution in [3.8, 4) is 0 Å². The summed E-state index contributed by atoms with van der Waals surface area (Å²) in [6.45, 7) is 1.11. The smallest absolute Gasteiger partial charge is 0.227 e. The molecule has 1 amide bonds. The van der Waals surface area contributed by atoms with E-state index < -0.39 is 0 Å². The van der Waals surface area contributed by atoms with Crippen LogP contribution in [0.3, 0.4) is 0 Å². The van der Waals surface area contributed by atoms with Crippen LogP contribution in [0.5, 0.6) is 0 Å². The molecule has 17 heavy (non-hydrogen) atoms. The van der Waals surface area contributed by atoms with Gasteiger partial charge in [0.2, 0.25) is 5.91 Å². The molecule has 1 aliphatic rings. The zero-order valence-electron chi connectivity index (χ0n) is 9.97. The zero-order valence-corrected chi connectivity index (χ0v) is 10.8. The van der Waals surface area contributed by atoms with Crippen molar-refractivity contribution in [1.82, 2.24) is 4.90 Å². The highest BCUT2D eigenvalue weighted by Gasteiger charge is 2.27. The van der Waals surface area contributed by atoms with Crippen molar-refractivity contribution in [1.29, 1.82) is 0 Å². The fraction of sp³-hybridized carbons (Fsp3) is 0.615. The maximum absolute atomic E-state index is 12.2. The summed E-state index contributed by atoms with van der Waals surface area (Å²) >= 11 is 1.63. The van der Waals surface area contributed by atoms with Gasteiger partial charge >= 0.3 is 0 Å². The molecule has 1 aromatic heterocycles. The van der Waals surface area contributed by atoms with Gasteiger partial charge in [0.1, 0.15) is 0 Å². The molecular weight excluding hydrogens is 234 g/mol. The Morgan fingerprint density at radius 1 is 1.59 bits per heavy atom. The molecule has 2 heterocycles. The monoisotopic (exact) mass is 253 g/mol. The Kier molecular flexibility index (Phi) is 4.57. The van der Waals surface area contributed by atoms with Crippen molar-refractivity contribution in [3.05, 3.63) is 22.4 Å². The van der Waals surface area contributed by atoms with Crippen LogP contribution in [0.4, 0.5) is 0 Å². The van der Waals surface area contributed by atoms with Crippen LogP contribution in [0.1, 0.15) is 31.2 Å². The first-order chi connectivity index (χ1) is 8.31. The van der Waals surface area contributed by atoms with Crippen molar-refractivity contribution in [2.24, 2.45) is 0 Å². The Balaban J connectivity index is 1.89. The molecule has 0 spiro atoms. The Bertz CT molecular complexity index is 350. The lowest BCUT2D eigenvalue weighted by atomic mass is 10.1. The first kappa shape index (κ1) is 12.6. The van der Waals surface area contributed by atoms with Crippen molar-refractivity contribution in [2.45, 2.75) is 38.1 Å². The van der Waals surface area contributed by atoms with Crippen molar-refractivity contribution in [3.63, 3.8) is 0 Å². The lowest BCUT2D eigenvalue weighted by molar-refractivity contribution is -0.131. The van der Waals surface area contributed by atoms with Crippen LogP contribution >= 0.6 is 11.3 Å². The van der Waals surface area contributed by atoms with Crippen LogP contribution in [0.2, 0.25) is 0 Å². The van der Waals surface area contributed by atoms with E-state index in [1.54, 1.807) is 11.3 Å². The van der Waals surface area contributed by atoms with Gasteiger partial charge < -0.3 is 10.0 Å². The fourth-order valence-corrected chi connectivity index (χ4v) is 3.13. The average Bonchev–Trinajstić information content (AvgIpc) is 2.96. The van der Waals surface area contributed by atoms with Gasteiger partial charge in [0.25, 0.3) is 0 Å². The third kappa shape index (κ3) is 3.30. The molecule has 0 aromatic carbocycles. The molecule has 1 unspecified atom stereocenters. The van der Waals surface area contributed by atoms with E-state index >= 15 is 0 Å². The Labute approximate surface area is 106 Å². The summed E-state index contributed by atoms with van der Waals surface area (Å²) in [6.07, 6.45) is 4.46.